The van der Waals surface area contributed by atoms with Gasteiger partial charge in [0.15, 0.2) is 12.0 Å². The number of carbonyl (C=O) groups is 3. The summed E-state index contributed by atoms with van der Waals surface area (Å²) in [6, 6.07) is 12.2. The molecule has 0 amide bonds. The molecule has 1 heterocycles. The summed E-state index contributed by atoms with van der Waals surface area (Å²) >= 11 is 0. The first-order chi connectivity index (χ1) is 12.1. The number of aromatic nitrogens is 1. The average molecular weight is 337 g/mol. The van der Waals surface area contributed by atoms with Gasteiger partial charge < -0.3 is 14.0 Å². The Labute approximate surface area is 143 Å². The summed E-state index contributed by atoms with van der Waals surface area (Å²) in [5, 5.41) is 0.759. The number of benzene rings is 2. The molecule has 6 nitrogen and oxygen atoms in total. The van der Waals surface area contributed by atoms with Crippen LogP contribution in [-0.4, -0.2) is 29.9 Å². The van der Waals surface area contributed by atoms with Crippen molar-refractivity contribution in [3.05, 3.63) is 59.8 Å². The van der Waals surface area contributed by atoms with Gasteiger partial charge in [0.05, 0.1) is 18.3 Å². The minimum Gasteiger partial charge on any atom is -0.465 e. The molecule has 0 bridgehead atoms. The Bertz CT molecular complexity index is 987. The van der Waals surface area contributed by atoms with Crippen molar-refractivity contribution in [2.75, 3.05) is 7.11 Å². The molecule has 0 fully saturated rings. The zero-order valence-electron chi connectivity index (χ0n) is 13.7. The fourth-order valence-corrected chi connectivity index (χ4v) is 2.74. The first-order valence-corrected chi connectivity index (χ1v) is 7.52. The van der Waals surface area contributed by atoms with Crippen LogP contribution < -0.4 is 4.74 Å². The summed E-state index contributed by atoms with van der Waals surface area (Å²) in [5.74, 6) is -1.10. The van der Waals surface area contributed by atoms with Gasteiger partial charge in [0.25, 0.3) is 0 Å². The van der Waals surface area contributed by atoms with Gasteiger partial charge in [-0.05, 0) is 18.2 Å². The van der Waals surface area contributed by atoms with Crippen LogP contribution in [0.15, 0.2) is 48.7 Å². The van der Waals surface area contributed by atoms with Gasteiger partial charge in [-0.1, -0.05) is 24.3 Å². The van der Waals surface area contributed by atoms with E-state index in [9.17, 15) is 14.4 Å². The number of aldehydes is 1. The second kappa shape index (κ2) is 6.60. The minimum atomic E-state index is -0.620. The Morgan fingerprint density at radius 3 is 2.52 bits per heavy atom. The van der Waals surface area contributed by atoms with Gasteiger partial charge in [-0.15, -0.1) is 0 Å². The molecule has 0 unspecified atom stereocenters. The van der Waals surface area contributed by atoms with E-state index in [2.05, 4.69) is 0 Å². The number of carbonyl (C=O) groups excluding carboxylic acids is 3. The highest BCUT2D eigenvalue weighted by molar-refractivity contribution is 6.00. The average Bonchev–Trinajstić information content (AvgIpc) is 2.99. The van der Waals surface area contributed by atoms with E-state index in [1.165, 1.54) is 20.1 Å². The molecule has 0 aliphatic heterocycles. The highest BCUT2D eigenvalue weighted by atomic mass is 16.5. The zero-order valence-corrected chi connectivity index (χ0v) is 13.7. The quantitative estimate of drug-likeness (QED) is 0.415. The summed E-state index contributed by atoms with van der Waals surface area (Å²) in [6.07, 6.45) is 2.40. The van der Waals surface area contributed by atoms with Crippen molar-refractivity contribution in [2.24, 2.45) is 0 Å². The first kappa shape index (κ1) is 16.4. The molecule has 1 aromatic heterocycles. The van der Waals surface area contributed by atoms with E-state index >= 15 is 0 Å². The largest absolute Gasteiger partial charge is 0.465 e. The van der Waals surface area contributed by atoms with Crippen LogP contribution in [-0.2, 0) is 9.53 Å². The number of esters is 2. The van der Waals surface area contributed by atoms with E-state index < -0.39 is 11.9 Å². The van der Waals surface area contributed by atoms with E-state index in [1.54, 1.807) is 22.9 Å². The highest BCUT2D eigenvalue weighted by Crippen LogP contribution is 2.32. The van der Waals surface area contributed by atoms with Gasteiger partial charge in [-0.3, -0.25) is 9.59 Å². The third kappa shape index (κ3) is 2.89. The number of fused-ring (bicyclic) bond motifs is 1. The van der Waals surface area contributed by atoms with Crippen LogP contribution in [0, 0.1) is 0 Å². The van der Waals surface area contributed by atoms with Crippen molar-refractivity contribution < 1.29 is 23.9 Å². The molecule has 2 aromatic carbocycles. The Kier molecular flexibility index (Phi) is 4.35. The Balaban J connectivity index is 2.32. The molecule has 0 saturated carbocycles. The lowest BCUT2D eigenvalue weighted by atomic mass is 10.1. The summed E-state index contributed by atoms with van der Waals surface area (Å²) in [6.45, 7) is 1.25. The van der Waals surface area contributed by atoms with E-state index in [4.69, 9.17) is 9.47 Å². The molecule has 25 heavy (non-hydrogen) atoms. The third-order valence-corrected chi connectivity index (χ3v) is 3.77. The molecule has 126 valence electrons. The van der Waals surface area contributed by atoms with Crippen molar-refractivity contribution in [2.45, 2.75) is 6.92 Å². The molecular weight excluding hydrogens is 322 g/mol. The van der Waals surface area contributed by atoms with Gasteiger partial charge in [-0.2, -0.15) is 0 Å². The van der Waals surface area contributed by atoms with Crippen molar-refractivity contribution in [1.82, 2.24) is 4.57 Å². The van der Waals surface area contributed by atoms with Crippen LogP contribution in [0.1, 0.15) is 27.6 Å². The van der Waals surface area contributed by atoms with Crippen LogP contribution in [0.3, 0.4) is 0 Å². The Hall–Kier alpha value is -3.41. The normalized spacial score (nSPS) is 10.5. The topological polar surface area (TPSA) is 74.6 Å². The maximum Gasteiger partial charge on any atom is 0.341 e. The van der Waals surface area contributed by atoms with Crippen LogP contribution >= 0.6 is 0 Å². The van der Waals surface area contributed by atoms with Crippen molar-refractivity contribution in [1.29, 1.82) is 0 Å². The number of nitrogens with zero attached hydrogens (tertiary/aromatic N) is 1. The molecular formula is C19H15NO5. The van der Waals surface area contributed by atoms with Gasteiger partial charge in [-0.25, -0.2) is 4.79 Å². The van der Waals surface area contributed by atoms with Gasteiger partial charge in [0, 0.05) is 24.1 Å². The fourth-order valence-electron chi connectivity index (χ4n) is 2.74. The van der Waals surface area contributed by atoms with Crippen LogP contribution in [0.2, 0.25) is 0 Å². The minimum absolute atomic E-state index is 0.0834. The van der Waals surface area contributed by atoms with E-state index in [1.807, 2.05) is 24.3 Å². The Morgan fingerprint density at radius 1 is 1.08 bits per heavy atom. The maximum atomic E-state index is 12.0. The van der Waals surface area contributed by atoms with E-state index in [-0.39, 0.29) is 11.3 Å². The standard InChI is InChI=1S/C19H15NO5/c1-12(22)25-18-15(19(23)24-2)7-5-9-17(18)20-10-13(11-21)14-6-3-4-8-16(14)20/h3-11H,1-2H3. The summed E-state index contributed by atoms with van der Waals surface area (Å²) in [7, 11) is 1.25. The molecule has 0 aliphatic carbocycles. The third-order valence-electron chi connectivity index (χ3n) is 3.77. The number of para-hydroxylation sites is 2. The van der Waals surface area contributed by atoms with Gasteiger partial charge in [0.1, 0.15) is 5.56 Å². The van der Waals surface area contributed by atoms with Crippen molar-refractivity contribution >= 4 is 29.1 Å². The maximum absolute atomic E-state index is 12.0. The number of ether oxygens (including phenoxy) is 2. The zero-order chi connectivity index (χ0) is 18.0. The number of hydrogen-bond acceptors (Lipinski definition) is 5. The second-order valence-corrected chi connectivity index (χ2v) is 5.33. The molecule has 0 saturated heterocycles. The molecule has 0 atom stereocenters. The van der Waals surface area contributed by atoms with E-state index in [0.717, 1.165) is 17.2 Å². The van der Waals surface area contributed by atoms with Crippen LogP contribution in [0.25, 0.3) is 16.6 Å². The van der Waals surface area contributed by atoms with Gasteiger partial charge in [0.2, 0.25) is 0 Å². The first-order valence-electron chi connectivity index (χ1n) is 7.52. The molecule has 0 N–H and O–H groups in total. The lowest BCUT2D eigenvalue weighted by molar-refractivity contribution is -0.131. The molecule has 0 radical (unpaired) electrons. The monoisotopic (exact) mass is 337 g/mol. The van der Waals surface area contributed by atoms with Gasteiger partial charge >= 0.3 is 11.9 Å². The smallest absolute Gasteiger partial charge is 0.341 e. The van der Waals surface area contributed by atoms with E-state index in [0.29, 0.717) is 11.3 Å². The lowest BCUT2D eigenvalue weighted by Crippen LogP contribution is -2.11. The molecule has 0 aliphatic rings. The van der Waals surface area contributed by atoms with Crippen molar-refractivity contribution in [3.63, 3.8) is 0 Å². The highest BCUT2D eigenvalue weighted by Gasteiger charge is 2.21. The predicted octanol–water partition coefficient (Wildman–Crippen LogP) is 3.15. The Morgan fingerprint density at radius 2 is 1.84 bits per heavy atom. The molecule has 3 rings (SSSR count). The number of hydrogen-bond donors (Lipinski definition) is 0. The second-order valence-electron chi connectivity index (χ2n) is 5.33. The molecule has 6 heteroatoms. The number of rotatable bonds is 4. The van der Waals surface area contributed by atoms with Crippen molar-refractivity contribution in [3.8, 4) is 11.4 Å². The SMILES string of the molecule is COC(=O)c1cccc(-n2cc(C=O)c3ccccc32)c1OC(C)=O. The molecule has 3 aromatic rings. The van der Waals surface area contributed by atoms with Crippen LogP contribution in [0.4, 0.5) is 0 Å². The summed E-state index contributed by atoms with van der Waals surface area (Å²) in [4.78, 5) is 35.0. The van der Waals surface area contributed by atoms with Crippen LogP contribution in [0.5, 0.6) is 5.75 Å². The fraction of sp³-hybridized carbons (Fsp3) is 0.105. The molecule has 0 spiro atoms. The summed E-state index contributed by atoms with van der Waals surface area (Å²) in [5.41, 5.74) is 1.83. The summed E-state index contributed by atoms with van der Waals surface area (Å²) < 4.78 is 11.8. The predicted molar refractivity (Wildman–Crippen MR) is 91.3 cm³/mol. The lowest BCUT2D eigenvalue weighted by Gasteiger charge is -2.14. The number of methoxy groups -OCH3 is 1.